The molecule has 24 heavy (non-hydrogen) atoms. The summed E-state index contributed by atoms with van der Waals surface area (Å²) in [5, 5.41) is 9.09. The molecule has 5 heteroatoms. The van der Waals surface area contributed by atoms with Crippen LogP contribution in [0.25, 0.3) is 11.0 Å². The summed E-state index contributed by atoms with van der Waals surface area (Å²) < 4.78 is 13.2. The normalized spacial score (nSPS) is 10.9. The zero-order valence-corrected chi connectivity index (χ0v) is 13.8. The molecule has 126 valence electrons. The number of para-hydroxylation sites is 2. The lowest BCUT2D eigenvalue weighted by atomic mass is 10.3. The van der Waals surface area contributed by atoms with Gasteiger partial charge >= 0.3 is 0 Å². The highest BCUT2D eigenvalue weighted by Crippen LogP contribution is 2.20. The number of hydrogen-bond donors (Lipinski definition) is 1. The number of rotatable bonds is 8. The number of ether oxygens (including phenoxy) is 2. The summed E-state index contributed by atoms with van der Waals surface area (Å²) in [7, 11) is 1.64. The number of aliphatic hydroxyl groups excluding tert-OH is 1. The van der Waals surface area contributed by atoms with Crippen LogP contribution in [0.2, 0.25) is 0 Å². The molecule has 0 unspecified atom stereocenters. The fraction of sp³-hybridized carbons (Fsp3) is 0.316. The second-order valence-corrected chi connectivity index (χ2v) is 5.52. The summed E-state index contributed by atoms with van der Waals surface area (Å²) in [5.74, 6) is 2.55. The van der Waals surface area contributed by atoms with E-state index >= 15 is 0 Å². The van der Waals surface area contributed by atoms with Crippen LogP contribution in [0.1, 0.15) is 12.2 Å². The lowest BCUT2D eigenvalue weighted by Gasteiger charge is -2.11. The Morgan fingerprint density at radius 3 is 2.75 bits per heavy atom. The minimum Gasteiger partial charge on any atom is -0.497 e. The standard InChI is InChI=1S/C19H22N2O3/c1-23-15-6-4-7-16(14-15)24-13-11-21-18-9-3-2-8-17(18)20-19(21)10-5-12-22/h2-4,6-9,14,22H,5,10-13H2,1H3. The van der Waals surface area contributed by atoms with Crippen molar-refractivity contribution in [3.8, 4) is 11.5 Å². The Hall–Kier alpha value is -2.53. The molecular weight excluding hydrogens is 304 g/mol. The summed E-state index contributed by atoms with van der Waals surface area (Å²) in [5.41, 5.74) is 2.08. The van der Waals surface area contributed by atoms with E-state index in [-0.39, 0.29) is 6.61 Å². The van der Waals surface area contributed by atoms with Crippen molar-refractivity contribution in [3.63, 3.8) is 0 Å². The molecule has 0 amide bonds. The molecule has 0 atom stereocenters. The van der Waals surface area contributed by atoms with E-state index < -0.39 is 0 Å². The third-order valence-corrected chi connectivity index (χ3v) is 3.92. The molecule has 3 aromatic rings. The molecule has 0 aliphatic carbocycles. The van der Waals surface area contributed by atoms with Crippen LogP contribution >= 0.6 is 0 Å². The maximum Gasteiger partial charge on any atom is 0.123 e. The van der Waals surface area contributed by atoms with Crippen molar-refractivity contribution in [2.24, 2.45) is 0 Å². The van der Waals surface area contributed by atoms with Gasteiger partial charge in [0, 0.05) is 19.1 Å². The predicted molar refractivity (Wildman–Crippen MR) is 93.6 cm³/mol. The molecule has 2 aromatic carbocycles. The molecule has 1 N–H and O–H groups in total. The molecule has 0 saturated heterocycles. The van der Waals surface area contributed by atoms with Crippen molar-refractivity contribution >= 4 is 11.0 Å². The Morgan fingerprint density at radius 1 is 1.08 bits per heavy atom. The third-order valence-electron chi connectivity index (χ3n) is 3.92. The Kier molecular flexibility index (Phi) is 5.33. The lowest BCUT2D eigenvalue weighted by Crippen LogP contribution is -2.11. The molecule has 0 aliphatic rings. The van der Waals surface area contributed by atoms with Gasteiger partial charge in [-0.05, 0) is 30.7 Å². The molecule has 3 rings (SSSR count). The van der Waals surface area contributed by atoms with Gasteiger partial charge < -0.3 is 19.1 Å². The third kappa shape index (κ3) is 3.68. The number of methoxy groups -OCH3 is 1. The van der Waals surface area contributed by atoms with Crippen molar-refractivity contribution in [1.29, 1.82) is 0 Å². The Morgan fingerprint density at radius 2 is 1.92 bits per heavy atom. The van der Waals surface area contributed by atoms with Crippen LogP contribution in [0, 0.1) is 0 Å². The number of imidazole rings is 1. The van der Waals surface area contributed by atoms with Crippen molar-refractivity contribution in [2.75, 3.05) is 20.3 Å². The van der Waals surface area contributed by atoms with Crippen LogP contribution < -0.4 is 9.47 Å². The summed E-state index contributed by atoms with van der Waals surface area (Å²) in [4.78, 5) is 4.68. The highest BCUT2D eigenvalue weighted by molar-refractivity contribution is 5.75. The van der Waals surface area contributed by atoms with E-state index in [1.54, 1.807) is 7.11 Å². The molecule has 0 radical (unpaired) electrons. The first-order valence-electron chi connectivity index (χ1n) is 8.13. The van der Waals surface area contributed by atoms with Gasteiger partial charge in [0.25, 0.3) is 0 Å². The minimum atomic E-state index is 0.170. The number of aliphatic hydroxyl groups is 1. The van der Waals surface area contributed by atoms with Crippen molar-refractivity contribution in [3.05, 3.63) is 54.4 Å². The lowest BCUT2D eigenvalue weighted by molar-refractivity contribution is 0.283. The van der Waals surface area contributed by atoms with Crippen LogP contribution in [0.5, 0.6) is 11.5 Å². The smallest absolute Gasteiger partial charge is 0.123 e. The summed E-state index contributed by atoms with van der Waals surface area (Å²) in [6, 6.07) is 15.7. The summed E-state index contributed by atoms with van der Waals surface area (Å²) in [6.45, 7) is 1.42. The van der Waals surface area contributed by atoms with Crippen LogP contribution in [-0.4, -0.2) is 35.0 Å². The highest BCUT2D eigenvalue weighted by Gasteiger charge is 2.10. The molecule has 0 fully saturated rings. The van der Waals surface area contributed by atoms with Gasteiger partial charge in [-0.2, -0.15) is 0 Å². The van der Waals surface area contributed by atoms with E-state index in [4.69, 9.17) is 14.6 Å². The average Bonchev–Trinajstić information content (AvgIpc) is 2.98. The molecule has 0 saturated carbocycles. The topological polar surface area (TPSA) is 56.5 Å². The highest BCUT2D eigenvalue weighted by atomic mass is 16.5. The molecule has 1 aromatic heterocycles. The van der Waals surface area contributed by atoms with E-state index in [0.717, 1.165) is 34.8 Å². The zero-order chi connectivity index (χ0) is 16.8. The fourth-order valence-electron chi connectivity index (χ4n) is 2.75. The number of fused-ring (bicyclic) bond motifs is 1. The summed E-state index contributed by atoms with van der Waals surface area (Å²) in [6.07, 6.45) is 1.46. The van der Waals surface area contributed by atoms with Gasteiger partial charge in [-0.3, -0.25) is 0 Å². The molecule has 0 bridgehead atoms. The number of hydrogen-bond acceptors (Lipinski definition) is 4. The summed E-state index contributed by atoms with van der Waals surface area (Å²) >= 11 is 0. The molecular formula is C19H22N2O3. The maximum atomic E-state index is 9.09. The van der Waals surface area contributed by atoms with Crippen LogP contribution in [0.15, 0.2) is 48.5 Å². The first-order valence-corrected chi connectivity index (χ1v) is 8.13. The first-order chi connectivity index (χ1) is 11.8. The van der Waals surface area contributed by atoms with E-state index in [2.05, 4.69) is 15.6 Å². The van der Waals surface area contributed by atoms with Crippen LogP contribution in [-0.2, 0) is 13.0 Å². The molecule has 0 spiro atoms. The van der Waals surface area contributed by atoms with Crippen molar-refractivity contribution in [1.82, 2.24) is 9.55 Å². The van der Waals surface area contributed by atoms with Crippen molar-refractivity contribution < 1.29 is 14.6 Å². The van der Waals surface area contributed by atoms with Gasteiger partial charge in [0.1, 0.15) is 23.9 Å². The Balaban J connectivity index is 1.73. The Labute approximate surface area is 141 Å². The van der Waals surface area contributed by atoms with Gasteiger partial charge in [0.15, 0.2) is 0 Å². The van der Waals surface area contributed by atoms with Gasteiger partial charge in [-0.1, -0.05) is 18.2 Å². The SMILES string of the molecule is COc1cccc(OCCn2c(CCCO)nc3ccccc32)c1. The maximum absolute atomic E-state index is 9.09. The average molecular weight is 326 g/mol. The molecule has 5 nitrogen and oxygen atoms in total. The largest absolute Gasteiger partial charge is 0.497 e. The molecule has 0 aliphatic heterocycles. The zero-order valence-electron chi connectivity index (χ0n) is 13.8. The van der Waals surface area contributed by atoms with E-state index in [0.29, 0.717) is 19.6 Å². The Bertz CT molecular complexity index is 798. The van der Waals surface area contributed by atoms with Gasteiger partial charge in [0.05, 0.1) is 24.7 Å². The van der Waals surface area contributed by atoms with Gasteiger partial charge in [0.2, 0.25) is 0 Å². The van der Waals surface area contributed by atoms with Crippen LogP contribution in [0.4, 0.5) is 0 Å². The number of benzene rings is 2. The fourth-order valence-corrected chi connectivity index (χ4v) is 2.75. The predicted octanol–water partition coefficient (Wildman–Crippen LogP) is 3.05. The van der Waals surface area contributed by atoms with Crippen molar-refractivity contribution in [2.45, 2.75) is 19.4 Å². The number of nitrogens with zero attached hydrogens (tertiary/aromatic N) is 2. The van der Waals surface area contributed by atoms with E-state index in [1.807, 2.05) is 42.5 Å². The van der Waals surface area contributed by atoms with Gasteiger partial charge in [-0.15, -0.1) is 0 Å². The second kappa shape index (κ2) is 7.84. The quantitative estimate of drug-likeness (QED) is 0.691. The van der Waals surface area contributed by atoms with E-state index in [1.165, 1.54) is 0 Å². The van der Waals surface area contributed by atoms with Gasteiger partial charge in [-0.25, -0.2) is 4.98 Å². The minimum absolute atomic E-state index is 0.170. The number of aryl methyl sites for hydroxylation is 1. The molecule has 1 heterocycles. The number of aromatic nitrogens is 2. The monoisotopic (exact) mass is 326 g/mol. The van der Waals surface area contributed by atoms with Crippen LogP contribution in [0.3, 0.4) is 0 Å². The second-order valence-electron chi connectivity index (χ2n) is 5.52. The van der Waals surface area contributed by atoms with E-state index in [9.17, 15) is 0 Å². The first kappa shape index (κ1) is 16.3.